The highest BCUT2D eigenvalue weighted by molar-refractivity contribution is 7.79. The van der Waals surface area contributed by atoms with E-state index in [9.17, 15) is 0 Å². The van der Waals surface area contributed by atoms with Gasteiger partial charge in [0.15, 0.2) is 0 Å². The van der Waals surface area contributed by atoms with Crippen LogP contribution in [-0.2, 0) is 0 Å². The summed E-state index contributed by atoms with van der Waals surface area (Å²) in [5.74, 6) is 0. The standard InChI is InChI=1S/C42H29N2P/c1-4-14-30(15-5-1)43-39-22-12-10-20-35(39)37-28-33(24-26-41(37)43)45(32-18-8-3-9-19-32)34-25-27-42-38(29-34)36-21-11-13-23-40(36)44(42)31-16-6-2-7-17-31/h1-29H. The number of nitrogens with zero attached hydrogens (tertiary/aromatic N) is 2. The van der Waals surface area contributed by atoms with Crippen LogP contribution in [-0.4, -0.2) is 9.13 Å². The Hall–Kier alpha value is -5.43. The predicted molar refractivity (Wildman–Crippen MR) is 194 cm³/mol. The van der Waals surface area contributed by atoms with Crippen LogP contribution in [0.15, 0.2) is 176 Å². The summed E-state index contributed by atoms with van der Waals surface area (Å²) in [5.41, 5.74) is 7.29. The van der Waals surface area contributed by atoms with Crippen molar-refractivity contribution in [3.05, 3.63) is 176 Å². The first kappa shape index (κ1) is 26.0. The molecule has 0 fully saturated rings. The molecule has 0 spiro atoms. The van der Waals surface area contributed by atoms with E-state index >= 15 is 0 Å². The van der Waals surface area contributed by atoms with Gasteiger partial charge in [0, 0.05) is 32.9 Å². The molecule has 0 unspecified atom stereocenters. The second kappa shape index (κ2) is 10.6. The molecule has 0 atom stereocenters. The number of aromatic nitrogens is 2. The van der Waals surface area contributed by atoms with Crippen molar-refractivity contribution in [2.24, 2.45) is 0 Å². The van der Waals surface area contributed by atoms with Crippen LogP contribution in [0.25, 0.3) is 55.0 Å². The Morgan fingerprint density at radius 3 is 1.13 bits per heavy atom. The van der Waals surface area contributed by atoms with Gasteiger partial charge in [-0.05, 0) is 84.5 Å². The Kier molecular flexibility index (Phi) is 6.14. The van der Waals surface area contributed by atoms with Crippen LogP contribution in [0.2, 0.25) is 0 Å². The van der Waals surface area contributed by atoms with Gasteiger partial charge in [-0.25, -0.2) is 0 Å². The van der Waals surface area contributed by atoms with Crippen LogP contribution < -0.4 is 15.9 Å². The lowest BCUT2D eigenvalue weighted by molar-refractivity contribution is 1.18. The highest BCUT2D eigenvalue weighted by atomic mass is 31.1. The van der Waals surface area contributed by atoms with Crippen molar-refractivity contribution in [3.8, 4) is 11.4 Å². The maximum absolute atomic E-state index is 2.45. The lowest BCUT2D eigenvalue weighted by Crippen LogP contribution is -2.20. The Bertz CT molecular complexity index is 2320. The van der Waals surface area contributed by atoms with Gasteiger partial charge < -0.3 is 9.13 Å². The van der Waals surface area contributed by atoms with Crippen LogP contribution in [0, 0.1) is 0 Å². The molecule has 45 heavy (non-hydrogen) atoms. The van der Waals surface area contributed by atoms with Crippen molar-refractivity contribution in [2.45, 2.75) is 0 Å². The average Bonchev–Trinajstić information content (AvgIpc) is 3.62. The van der Waals surface area contributed by atoms with E-state index < -0.39 is 7.92 Å². The normalized spacial score (nSPS) is 11.8. The molecule has 2 heterocycles. The van der Waals surface area contributed by atoms with Crippen molar-refractivity contribution in [3.63, 3.8) is 0 Å². The molecule has 0 aliphatic rings. The lowest BCUT2D eigenvalue weighted by atomic mass is 10.1. The van der Waals surface area contributed by atoms with Gasteiger partial charge >= 0.3 is 0 Å². The lowest BCUT2D eigenvalue weighted by Gasteiger charge is -2.20. The minimum absolute atomic E-state index is 0.812. The predicted octanol–water partition coefficient (Wildman–Crippen LogP) is 9.64. The quantitative estimate of drug-likeness (QED) is 0.176. The van der Waals surface area contributed by atoms with E-state index in [1.54, 1.807) is 0 Å². The summed E-state index contributed by atoms with van der Waals surface area (Å²) in [7, 11) is -0.812. The van der Waals surface area contributed by atoms with Crippen LogP contribution in [0.3, 0.4) is 0 Å². The third kappa shape index (κ3) is 4.22. The minimum atomic E-state index is -0.812. The number of fused-ring (bicyclic) bond motifs is 6. The molecular formula is C42H29N2P. The second-order valence-electron chi connectivity index (χ2n) is 11.5. The van der Waals surface area contributed by atoms with E-state index in [4.69, 9.17) is 0 Å². The van der Waals surface area contributed by atoms with Crippen LogP contribution >= 0.6 is 7.92 Å². The van der Waals surface area contributed by atoms with Crippen molar-refractivity contribution in [1.82, 2.24) is 9.13 Å². The van der Waals surface area contributed by atoms with Crippen molar-refractivity contribution < 1.29 is 0 Å². The zero-order valence-electron chi connectivity index (χ0n) is 24.6. The zero-order valence-corrected chi connectivity index (χ0v) is 25.5. The molecule has 0 aliphatic heterocycles. The molecule has 0 bridgehead atoms. The Labute approximate surface area is 263 Å². The molecule has 0 aliphatic carbocycles. The molecule has 0 amide bonds. The molecule has 0 N–H and O–H groups in total. The summed E-state index contributed by atoms with van der Waals surface area (Å²) in [4.78, 5) is 0. The third-order valence-corrected chi connectivity index (χ3v) is 11.3. The van der Waals surface area contributed by atoms with E-state index in [0.717, 1.165) is 0 Å². The van der Waals surface area contributed by atoms with Gasteiger partial charge in [0.1, 0.15) is 0 Å². The molecule has 0 saturated carbocycles. The van der Waals surface area contributed by atoms with Crippen molar-refractivity contribution in [1.29, 1.82) is 0 Å². The first-order valence-corrected chi connectivity index (χ1v) is 16.7. The molecule has 3 heteroatoms. The molecule has 2 nitrogen and oxygen atoms in total. The van der Waals surface area contributed by atoms with Gasteiger partial charge in [-0.1, -0.05) is 115 Å². The maximum Gasteiger partial charge on any atom is 0.0541 e. The highest BCUT2D eigenvalue weighted by Crippen LogP contribution is 2.39. The summed E-state index contributed by atoms with van der Waals surface area (Å²) >= 11 is 0. The number of hydrogen-bond donors (Lipinski definition) is 0. The van der Waals surface area contributed by atoms with Gasteiger partial charge in [-0.15, -0.1) is 0 Å². The van der Waals surface area contributed by atoms with Gasteiger partial charge in [0.25, 0.3) is 0 Å². The number of rotatable bonds is 5. The fourth-order valence-electron chi connectivity index (χ4n) is 6.93. The van der Waals surface area contributed by atoms with E-state index in [2.05, 4.69) is 185 Å². The number of hydrogen-bond acceptors (Lipinski definition) is 0. The largest absolute Gasteiger partial charge is 0.309 e. The summed E-state index contributed by atoms with van der Waals surface area (Å²) in [6.45, 7) is 0. The topological polar surface area (TPSA) is 9.86 Å². The second-order valence-corrected chi connectivity index (χ2v) is 13.7. The van der Waals surface area contributed by atoms with Crippen LogP contribution in [0.4, 0.5) is 0 Å². The van der Waals surface area contributed by atoms with E-state index in [-0.39, 0.29) is 0 Å². The van der Waals surface area contributed by atoms with Gasteiger partial charge in [-0.2, -0.15) is 0 Å². The zero-order chi connectivity index (χ0) is 29.7. The highest BCUT2D eigenvalue weighted by Gasteiger charge is 2.21. The van der Waals surface area contributed by atoms with Crippen molar-refractivity contribution >= 4 is 67.4 Å². The molecule has 9 rings (SSSR count). The van der Waals surface area contributed by atoms with E-state index in [0.29, 0.717) is 0 Å². The molecule has 9 aromatic rings. The molecule has 212 valence electrons. The summed E-state index contributed by atoms with van der Waals surface area (Å²) < 4.78 is 4.79. The molecule has 0 radical (unpaired) electrons. The maximum atomic E-state index is 2.45. The number of para-hydroxylation sites is 4. The minimum Gasteiger partial charge on any atom is -0.309 e. The van der Waals surface area contributed by atoms with E-state index in [1.807, 2.05) is 0 Å². The first-order chi connectivity index (χ1) is 22.3. The summed E-state index contributed by atoms with van der Waals surface area (Å²) in [5, 5.41) is 9.20. The van der Waals surface area contributed by atoms with Gasteiger partial charge in [0.05, 0.1) is 22.1 Å². The smallest absolute Gasteiger partial charge is 0.0541 e. The average molecular weight is 593 g/mol. The Morgan fingerprint density at radius 1 is 0.289 bits per heavy atom. The number of benzene rings is 7. The fourth-order valence-corrected chi connectivity index (χ4v) is 9.26. The Balaban J connectivity index is 1.28. The summed E-state index contributed by atoms with van der Waals surface area (Å²) in [6.07, 6.45) is 0. The monoisotopic (exact) mass is 592 g/mol. The third-order valence-electron chi connectivity index (χ3n) is 8.87. The molecule has 0 saturated heterocycles. The van der Waals surface area contributed by atoms with Crippen LogP contribution in [0.1, 0.15) is 0 Å². The fraction of sp³-hybridized carbons (Fsp3) is 0. The van der Waals surface area contributed by atoms with Crippen LogP contribution in [0.5, 0.6) is 0 Å². The summed E-state index contributed by atoms with van der Waals surface area (Å²) in [6, 6.07) is 64.3. The van der Waals surface area contributed by atoms with Crippen molar-refractivity contribution in [2.75, 3.05) is 0 Å². The van der Waals surface area contributed by atoms with Gasteiger partial charge in [0.2, 0.25) is 0 Å². The SMILES string of the molecule is c1ccc(-n2c3ccccc3c3cc(P(c4ccccc4)c4ccc5c(c4)c4ccccc4n5-c4ccccc4)ccc32)cc1. The first-order valence-electron chi connectivity index (χ1n) is 15.4. The molecule has 7 aromatic carbocycles. The van der Waals surface area contributed by atoms with E-state index in [1.165, 1.54) is 70.9 Å². The van der Waals surface area contributed by atoms with Gasteiger partial charge in [-0.3, -0.25) is 0 Å². The molecule has 2 aromatic heterocycles. The Morgan fingerprint density at radius 2 is 0.667 bits per heavy atom. The molecular weight excluding hydrogens is 563 g/mol.